The molecule has 2 fully saturated rings. The number of halogens is 2. The molecule has 0 radical (unpaired) electrons. The number of carbonyl (C=O) groups is 2. The molecule has 1 unspecified atom stereocenters. The normalized spacial score (nSPS) is 23.9. The number of pyridine rings is 1. The number of hydrogen-bond acceptors (Lipinski definition) is 4. The largest absolute Gasteiger partial charge is 0.321 e. The molecule has 3 heterocycles. The Balaban J connectivity index is 0.000000960. The van der Waals surface area contributed by atoms with Gasteiger partial charge in [0.05, 0.1) is 17.6 Å². The lowest BCUT2D eigenvalue weighted by atomic mass is 9.91. The van der Waals surface area contributed by atoms with Gasteiger partial charge in [-0.05, 0) is 43.8 Å². The molecule has 0 bridgehead atoms. The summed E-state index contributed by atoms with van der Waals surface area (Å²) in [5.41, 5.74) is 1.58. The van der Waals surface area contributed by atoms with Crippen LogP contribution < -0.4 is 15.5 Å². The van der Waals surface area contributed by atoms with Crippen molar-refractivity contribution in [3.8, 4) is 0 Å². The molecule has 1 saturated carbocycles. The van der Waals surface area contributed by atoms with Crippen LogP contribution in [0, 0.1) is 11.3 Å². The van der Waals surface area contributed by atoms with Gasteiger partial charge in [0.2, 0.25) is 11.8 Å². The van der Waals surface area contributed by atoms with E-state index in [9.17, 15) is 9.59 Å². The van der Waals surface area contributed by atoms with Crippen LogP contribution >= 0.6 is 24.8 Å². The minimum Gasteiger partial charge on any atom is -0.321 e. The molecular formula is C15H20Cl2N4O2. The van der Waals surface area contributed by atoms with Crippen LogP contribution in [0.3, 0.4) is 0 Å². The SMILES string of the molecule is Cl.Cl.O=C1CN(C(=O)C2CC23CCNCC3)c2ccncc2N1. The van der Waals surface area contributed by atoms with E-state index in [4.69, 9.17) is 0 Å². The Morgan fingerprint density at radius 1 is 1.30 bits per heavy atom. The van der Waals surface area contributed by atoms with Gasteiger partial charge < -0.3 is 15.5 Å². The average Bonchev–Trinajstić information content (AvgIpc) is 3.19. The van der Waals surface area contributed by atoms with Gasteiger partial charge in [-0.25, -0.2) is 0 Å². The molecule has 1 aliphatic carbocycles. The summed E-state index contributed by atoms with van der Waals surface area (Å²) < 4.78 is 0. The smallest absolute Gasteiger partial charge is 0.244 e. The van der Waals surface area contributed by atoms with Crippen molar-refractivity contribution in [2.24, 2.45) is 11.3 Å². The van der Waals surface area contributed by atoms with Crippen LogP contribution in [-0.4, -0.2) is 36.4 Å². The summed E-state index contributed by atoms with van der Waals surface area (Å²) in [7, 11) is 0. The standard InChI is InChI=1S/C15H18N4O2.2ClH/c20-13-9-19(12-1-4-17-8-11(12)18-13)14(21)10-7-15(10)2-5-16-6-3-15;;/h1,4,8,10,16H,2-3,5-7,9H2,(H,18,20);2*1H. The molecule has 1 aromatic heterocycles. The maximum Gasteiger partial charge on any atom is 0.244 e. The zero-order valence-electron chi connectivity index (χ0n) is 12.6. The van der Waals surface area contributed by atoms with Crippen molar-refractivity contribution in [2.45, 2.75) is 19.3 Å². The number of amides is 2. The number of hydrogen-bond donors (Lipinski definition) is 2. The Kier molecular flexibility index (Phi) is 5.18. The average molecular weight is 359 g/mol. The highest BCUT2D eigenvalue weighted by Crippen LogP contribution is 2.59. The molecule has 4 rings (SSSR count). The van der Waals surface area contributed by atoms with Crippen molar-refractivity contribution in [2.75, 3.05) is 29.9 Å². The second-order valence-electron chi connectivity index (χ2n) is 6.23. The number of carbonyl (C=O) groups excluding carboxylic acids is 2. The topological polar surface area (TPSA) is 74.3 Å². The first-order valence-electron chi connectivity index (χ1n) is 7.46. The molecule has 1 atom stereocenters. The number of anilines is 2. The lowest BCUT2D eigenvalue weighted by Crippen LogP contribution is -2.44. The van der Waals surface area contributed by atoms with E-state index >= 15 is 0 Å². The summed E-state index contributed by atoms with van der Waals surface area (Å²) in [5, 5.41) is 6.11. The van der Waals surface area contributed by atoms with E-state index in [0.29, 0.717) is 5.69 Å². The van der Waals surface area contributed by atoms with E-state index in [1.54, 1.807) is 23.4 Å². The molecule has 1 aromatic rings. The van der Waals surface area contributed by atoms with Crippen LogP contribution in [-0.2, 0) is 9.59 Å². The van der Waals surface area contributed by atoms with Crippen LogP contribution in [0.5, 0.6) is 0 Å². The number of nitrogens with one attached hydrogen (secondary N) is 2. The molecule has 6 nitrogen and oxygen atoms in total. The Labute approximate surface area is 147 Å². The van der Waals surface area contributed by atoms with Crippen LogP contribution in [0.15, 0.2) is 18.5 Å². The highest BCUT2D eigenvalue weighted by Gasteiger charge is 2.59. The highest BCUT2D eigenvalue weighted by atomic mass is 35.5. The van der Waals surface area contributed by atoms with Crippen LogP contribution in [0.1, 0.15) is 19.3 Å². The first kappa shape index (κ1) is 18.0. The zero-order valence-corrected chi connectivity index (χ0v) is 14.2. The number of aromatic nitrogens is 1. The van der Waals surface area contributed by atoms with Crippen molar-refractivity contribution >= 4 is 48.0 Å². The quantitative estimate of drug-likeness (QED) is 0.799. The fourth-order valence-electron chi connectivity index (χ4n) is 3.70. The third-order valence-corrected chi connectivity index (χ3v) is 5.02. The van der Waals surface area contributed by atoms with Crippen molar-refractivity contribution < 1.29 is 9.59 Å². The third-order valence-electron chi connectivity index (χ3n) is 5.02. The van der Waals surface area contributed by atoms with Crippen LogP contribution in [0.25, 0.3) is 0 Å². The molecular weight excluding hydrogens is 339 g/mol. The third kappa shape index (κ3) is 3.03. The summed E-state index contributed by atoms with van der Waals surface area (Å²) in [6, 6.07) is 1.80. The predicted molar refractivity (Wildman–Crippen MR) is 92.4 cm³/mol. The Hall–Kier alpha value is -1.37. The van der Waals surface area contributed by atoms with Crippen LogP contribution in [0.2, 0.25) is 0 Å². The maximum atomic E-state index is 12.8. The van der Waals surface area contributed by atoms with Gasteiger partial charge in [0.25, 0.3) is 0 Å². The fraction of sp³-hybridized carbons (Fsp3) is 0.533. The van der Waals surface area contributed by atoms with Crippen molar-refractivity contribution in [3.05, 3.63) is 18.5 Å². The Bertz CT molecular complexity index is 619. The maximum absolute atomic E-state index is 12.8. The van der Waals surface area contributed by atoms with E-state index < -0.39 is 0 Å². The van der Waals surface area contributed by atoms with E-state index in [1.165, 1.54) is 0 Å². The summed E-state index contributed by atoms with van der Waals surface area (Å²) >= 11 is 0. The molecule has 0 aromatic carbocycles. The molecule has 126 valence electrons. The number of fused-ring (bicyclic) bond motifs is 1. The number of rotatable bonds is 1. The van der Waals surface area contributed by atoms with Gasteiger partial charge in [0.15, 0.2) is 0 Å². The molecule has 3 aliphatic rings. The van der Waals surface area contributed by atoms with Gasteiger partial charge in [-0.15, -0.1) is 24.8 Å². The van der Waals surface area contributed by atoms with Gasteiger partial charge in [-0.2, -0.15) is 0 Å². The lowest BCUT2D eigenvalue weighted by Gasteiger charge is -2.30. The van der Waals surface area contributed by atoms with E-state index in [1.807, 2.05) is 0 Å². The second-order valence-corrected chi connectivity index (χ2v) is 6.23. The zero-order chi connectivity index (χ0) is 14.4. The van der Waals surface area contributed by atoms with Crippen molar-refractivity contribution in [3.63, 3.8) is 0 Å². The molecule has 23 heavy (non-hydrogen) atoms. The first-order valence-corrected chi connectivity index (χ1v) is 7.46. The van der Waals surface area contributed by atoms with Crippen molar-refractivity contribution in [1.29, 1.82) is 0 Å². The molecule has 8 heteroatoms. The summed E-state index contributed by atoms with van der Waals surface area (Å²) in [6.07, 6.45) is 6.34. The minimum atomic E-state index is -0.149. The van der Waals surface area contributed by atoms with Gasteiger partial charge in [-0.3, -0.25) is 14.6 Å². The number of nitrogens with zero attached hydrogens (tertiary/aromatic N) is 2. The molecule has 1 spiro atoms. The van der Waals surface area contributed by atoms with Gasteiger partial charge in [0.1, 0.15) is 6.54 Å². The lowest BCUT2D eigenvalue weighted by molar-refractivity contribution is -0.123. The first-order chi connectivity index (χ1) is 10.2. The summed E-state index contributed by atoms with van der Waals surface area (Å²) in [6.45, 7) is 2.09. The van der Waals surface area contributed by atoms with Gasteiger partial charge in [-0.1, -0.05) is 0 Å². The Morgan fingerprint density at radius 2 is 2.04 bits per heavy atom. The number of piperidine rings is 1. The molecule has 1 saturated heterocycles. The second kappa shape index (κ2) is 6.63. The summed E-state index contributed by atoms with van der Waals surface area (Å²) in [4.78, 5) is 30.3. The molecule has 2 N–H and O–H groups in total. The van der Waals surface area contributed by atoms with Crippen LogP contribution in [0.4, 0.5) is 11.4 Å². The Morgan fingerprint density at radius 3 is 2.78 bits per heavy atom. The molecule has 2 aliphatic heterocycles. The van der Waals surface area contributed by atoms with Gasteiger partial charge in [0, 0.05) is 12.1 Å². The summed E-state index contributed by atoms with van der Waals surface area (Å²) in [5.74, 6) is 0.0228. The monoisotopic (exact) mass is 358 g/mol. The van der Waals surface area contributed by atoms with E-state index in [0.717, 1.165) is 38.0 Å². The minimum absolute atomic E-state index is 0. The highest BCUT2D eigenvalue weighted by molar-refractivity contribution is 6.11. The van der Waals surface area contributed by atoms with Crippen molar-refractivity contribution in [1.82, 2.24) is 10.3 Å². The van der Waals surface area contributed by atoms with E-state index in [-0.39, 0.29) is 54.5 Å². The fourth-order valence-corrected chi connectivity index (χ4v) is 3.70. The van der Waals surface area contributed by atoms with Gasteiger partial charge >= 0.3 is 0 Å². The molecule has 2 amide bonds. The van der Waals surface area contributed by atoms with E-state index in [2.05, 4.69) is 15.6 Å². The predicted octanol–water partition coefficient (Wildman–Crippen LogP) is 1.60.